The Morgan fingerprint density at radius 1 is 1.25 bits per heavy atom. The fourth-order valence-corrected chi connectivity index (χ4v) is 6.33. The van der Waals surface area contributed by atoms with E-state index in [2.05, 4.69) is 11.3 Å². The highest BCUT2D eigenvalue weighted by atomic mass is 32.2. The molecule has 3 aliphatic carbocycles. The number of halogens is 3. The van der Waals surface area contributed by atoms with Gasteiger partial charge in [0.2, 0.25) is 5.91 Å². The summed E-state index contributed by atoms with van der Waals surface area (Å²) in [6, 6.07) is 1.57. The molecule has 0 unspecified atom stereocenters. The van der Waals surface area contributed by atoms with Gasteiger partial charge in [-0.15, -0.1) is 0 Å². The summed E-state index contributed by atoms with van der Waals surface area (Å²) >= 11 is 0. The number of rotatable bonds is 9. The Morgan fingerprint density at radius 2 is 1.92 bits per heavy atom. The fourth-order valence-electron chi connectivity index (χ4n) is 5.47. The van der Waals surface area contributed by atoms with Gasteiger partial charge in [0, 0.05) is 19.7 Å². The van der Waals surface area contributed by atoms with Crippen molar-refractivity contribution < 1.29 is 26.4 Å². The van der Waals surface area contributed by atoms with Crippen molar-refractivity contribution >= 4 is 21.7 Å². The molecule has 0 spiro atoms. The minimum absolute atomic E-state index is 0.139. The van der Waals surface area contributed by atoms with E-state index in [0.29, 0.717) is 36.3 Å². The average Bonchev–Trinajstić information content (AvgIpc) is 2.97. The van der Waals surface area contributed by atoms with Crippen LogP contribution in [0.3, 0.4) is 0 Å². The smallest absolute Gasteiger partial charge is 0.283 e. The minimum Gasteiger partial charge on any atom is -0.331 e. The molecule has 1 aromatic rings. The number of benzene rings is 1. The highest BCUT2D eigenvalue weighted by Crippen LogP contribution is 2.65. The summed E-state index contributed by atoms with van der Waals surface area (Å²) in [6.07, 6.45) is 8.45. The molecule has 1 N–H and O–H groups in total. The van der Waals surface area contributed by atoms with Crippen LogP contribution in [-0.2, 0) is 21.4 Å². The second-order valence-corrected chi connectivity index (χ2v) is 12.3. The Kier molecular flexibility index (Phi) is 7.00. The van der Waals surface area contributed by atoms with Gasteiger partial charge in [0.15, 0.2) is 0 Å². The molecular weight excluding hydrogens is 491 g/mol. The molecule has 4 fully saturated rings. The number of allylic oxidation sites excluding steroid dienone is 5. The molecule has 6 nitrogen and oxygen atoms in total. The van der Waals surface area contributed by atoms with Crippen LogP contribution in [0.5, 0.6) is 0 Å². The Labute approximate surface area is 210 Å². The molecule has 1 saturated heterocycles. The van der Waals surface area contributed by atoms with E-state index in [1.165, 1.54) is 20.2 Å². The highest BCUT2D eigenvalue weighted by molar-refractivity contribution is 7.87. The monoisotopic (exact) mass is 523 g/mol. The molecular formula is C26H32F3N3O3S. The van der Waals surface area contributed by atoms with Crippen molar-refractivity contribution in [3.63, 3.8) is 0 Å². The minimum atomic E-state index is -4.24. The number of hydrogen-bond acceptors (Lipinski definition) is 3. The van der Waals surface area contributed by atoms with Gasteiger partial charge in [-0.3, -0.25) is 4.79 Å². The van der Waals surface area contributed by atoms with Crippen LogP contribution in [0.2, 0.25) is 0 Å². The van der Waals surface area contributed by atoms with E-state index >= 15 is 13.2 Å². The fraction of sp³-hybridized carbons (Fsp3) is 0.500. The lowest BCUT2D eigenvalue weighted by Gasteiger charge is -2.61. The van der Waals surface area contributed by atoms with Crippen LogP contribution in [0, 0.1) is 17.2 Å². The molecule has 196 valence electrons. The van der Waals surface area contributed by atoms with Crippen LogP contribution in [0.15, 0.2) is 49.1 Å². The third kappa shape index (κ3) is 4.66. The van der Waals surface area contributed by atoms with Crippen LogP contribution in [0.1, 0.15) is 37.3 Å². The molecule has 4 aliphatic rings. The third-order valence-corrected chi connectivity index (χ3v) is 9.17. The topological polar surface area (TPSA) is 69.7 Å². The number of carbonyl (C=O) groups excluding carboxylic acids is 1. The standard InChI is InChI=1S/C26H32F3N3O3S/c1-5-6-7-9-17(2)20-11-8-10-19(22(20)27)12-21-23(30-36(34,35)31(3)4)26(28,29)16-32(21)24(33)25-13-18(14-25)15-25/h5-11,18,21,23,30H,1,12-16H2,2-4H3/b7-6-,17-9+/t18?,21-,23+,25?/m0/s1. The van der Waals surface area contributed by atoms with Gasteiger partial charge in [-0.2, -0.15) is 17.4 Å². The van der Waals surface area contributed by atoms with Gasteiger partial charge in [-0.05, 0) is 49.7 Å². The first kappa shape index (κ1) is 26.6. The lowest BCUT2D eigenvalue weighted by atomic mass is 9.44. The predicted molar refractivity (Wildman–Crippen MR) is 133 cm³/mol. The lowest BCUT2D eigenvalue weighted by Crippen LogP contribution is -2.63. The molecule has 10 heteroatoms. The zero-order valence-corrected chi connectivity index (χ0v) is 21.5. The summed E-state index contributed by atoms with van der Waals surface area (Å²) in [5, 5.41) is 0. The first-order valence-electron chi connectivity index (χ1n) is 11.9. The first-order valence-corrected chi connectivity index (χ1v) is 13.4. The summed E-state index contributed by atoms with van der Waals surface area (Å²) in [7, 11) is -1.78. The predicted octanol–water partition coefficient (Wildman–Crippen LogP) is 3.92. The van der Waals surface area contributed by atoms with Crippen molar-refractivity contribution in [1.82, 2.24) is 13.9 Å². The number of amides is 1. The molecule has 1 amide bonds. The Bertz CT molecular complexity index is 1210. The number of hydrogen-bond donors (Lipinski definition) is 1. The molecule has 1 aromatic carbocycles. The van der Waals surface area contributed by atoms with E-state index in [0.717, 1.165) is 9.21 Å². The van der Waals surface area contributed by atoms with Crippen LogP contribution in [-0.4, -0.2) is 62.2 Å². The van der Waals surface area contributed by atoms with Crippen molar-refractivity contribution in [2.24, 2.45) is 11.3 Å². The number of carbonyl (C=O) groups is 1. The summed E-state index contributed by atoms with van der Waals surface area (Å²) in [5.74, 6) is -4.03. The van der Waals surface area contributed by atoms with Crippen molar-refractivity contribution in [2.75, 3.05) is 20.6 Å². The summed E-state index contributed by atoms with van der Waals surface area (Å²) in [6.45, 7) is 4.41. The van der Waals surface area contributed by atoms with Gasteiger partial charge in [0.25, 0.3) is 16.1 Å². The van der Waals surface area contributed by atoms with Gasteiger partial charge in [-0.25, -0.2) is 13.2 Å². The maximum atomic E-state index is 15.6. The van der Waals surface area contributed by atoms with Crippen LogP contribution < -0.4 is 4.72 Å². The van der Waals surface area contributed by atoms with E-state index < -0.39 is 46.0 Å². The first-order chi connectivity index (χ1) is 16.8. The Hall–Kier alpha value is -2.43. The summed E-state index contributed by atoms with van der Waals surface area (Å²) in [4.78, 5) is 14.5. The second-order valence-electron chi connectivity index (χ2n) is 10.4. The normalized spacial score (nSPS) is 29.4. The van der Waals surface area contributed by atoms with Gasteiger partial charge in [0.1, 0.15) is 11.9 Å². The molecule has 36 heavy (non-hydrogen) atoms. The largest absolute Gasteiger partial charge is 0.331 e. The van der Waals surface area contributed by atoms with Gasteiger partial charge in [-0.1, -0.05) is 49.1 Å². The zero-order chi connectivity index (χ0) is 26.5. The molecule has 1 heterocycles. The number of likely N-dealkylation sites (tertiary alicyclic amines) is 1. The number of alkyl halides is 2. The Balaban J connectivity index is 1.71. The maximum Gasteiger partial charge on any atom is 0.283 e. The molecule has 1 aliphatic heterocycles. The van der Waals surface area contributed by atoms with Crippen molar-refractivity contribution in [2.45, 2.75) is 50.6 Å². The number of nitrogens with one attached hydrogen (secondary N) is 1. The van der Waals surface area contributed by atoms with Crippen LogP contribution in [0.25, 0.3) is 5.57 Å². The van der Waals surface area contributed by atoms with Crippen LogP contribution in [0.4, 0.5) is 13.2 Å². The van der Waals surface area contributed by atoms with Crippen LogP contribution >= 0.6 is 0 Å². The third-order valence-electron chi connectivity index (χ3n) is 7.66. The molecule has 0 radical (unpaired) electrons. The van der Waals surface area contributed by atoms with E-state index in [1.54, 1.807) is 43.4 Å². The number of nitrogens with zero attached hydrogens (tertiary/aromatic N) is 2. The van der Waals surface area contributed by atoms with Gasteiger partial charge >= 0.3 is 0 Å². The lowest BCUT2D eigenvalue weighted by molar-refractivity contribution is -0.178. The van der Waals surface area contributed by atoms with Crippen molar-refractivity contribution in [3.8, 4) is 0 Å². The van der Waals surface area contributed by atoms with E-state index in [1.807, 2.05) is 0 Å². The SMILES string of the molecule is C=C/C=C\C=C(/C)c1cccc(C[C@H]2[C@@H](NS(=O)(=O)N(C)C)C(F)(F)CN2C(=O)C23CC(C2)C3)c1F. The molecule has 3 saturated carbocycles. The van der Waals surface area contributed by atoms with Gasteiger partial charge in [0.05, 0.1) is 18.0 Å². The summed E-state index contributed by atoms with van der Waals surface area (Å²) < 4.78 is 74.2. The molecule has 2 atom stereocenters. The average molecular weight is 524 g/mol. The molecule has 0 aromatic heterocycles. The maximum absolute atomic E-state index is 15.6. The molecule has 2 bridgehead atoms. The summed E-state index contributed by atoms with van der Waals surface area (Å²) in [5.41, 5.74) is 0.426. The zero-order valence-electron chi connectivity index (χ0n) is 20.7. The highest BCUT2D eigenvalue weighted by Gasteiger charge is 2.66. The van der Waals surface area contributed by atoms with Gasteiger partial charge < -0.3 is 4.90 Å². The Morgan fingerprint density at radius 3 is 2.47 bits per heavy atom. The van der Waals surface area contributed by atoms with E-state index in [4.69, 9.17) is 0 Å². The van der Waals surface area contributed by atoms with E-state index in [-0.39, 0.29) is 17.9 Å². The molecule has 5 rings (SSSR count). The van der Waals surface area contributed by atoms with Crippen molar-refractivity contribution in [3.05, 3.63) is 66.0 Å². The van der Waals surface area contributed by atoms with E-state index in [9.17, 15) is 13.2 Å². The second kappa shape index (κ2) is 9.46. The van der Waals surface area contributed by atoms with Crippen molar-refractivity contribution in [1.29, 1.82) is 0 Å². The quantitative estimate of drug-likeness (QED) is 0.499.